The molecule has 7 nitrogen and oxygen atoms in total. The number of aromatic nitrogens is 1. The number of ether oxygens (including phenoxy) is 2. The van der Waals surface area contributed by atoms with Gasteiger partial charge in [-0.05, 0) is 78.6 Å². The van der Waals surface area contributed by atoms with Gasteiger partial charge in [0.15, 0.2) is 0 Å². The van der Waals surface area contributed by atoms with Gasteiger partial charge in [0.05, 0.1) is 6.61 Å². The Hall–Kier alpha value is -2.99. The van der Waals surface area contributed by atoms with Crippen molar-refractivity contribution >= 4 is 28.6 Å². The summed E-state index contributed by atoms with van der Waals surface area (Å²) in [4.78, 5) is 18.6. The first-order chi connectivity index (χ1) is 20.0. The van der Waals surface area contributed by atoms with E-state index < -0.39 is 18.0 Å². The molecule has 0 aliphatic carbocycles. The van der Waals surface area contributed by atoms with Gasteiger partial charge in [-0.3, -0.25) is 4.90 Å². The van der Waals surface area contributed by atoms with Crippen molar-refractivity contribution in [3.8, 4) is 11.5 Å². The van der Waals surface area contributed by atoms with Crippen molar-refractivity contribution in [3.05, 3.63) is 99.7 Å². The number of fused-ring (bicyclic) bond motifs is 3. The summed E-state index contributed by atoms with van der Waals surface area (Å²) in [5, 5.41) is 14.7. The van der Waals surface area contributed by atoms with Crippen LogP contribution < -0.4 is 28.3 Å². The third-order valence-corrected chi connectivity index (χ3v) is 7.51. The van der Waals surface area contributed by atoms with Gasteiger partial charge in [-0.1, -0.05) is 43.0 Å². The molecule has 1 atom stereocenters. The first-order valence-corrected chi connectivity index (χ1v) is 14.4. The molecule has 1 amide bonds. The molecule has 0 saturated heterocycles. The van der Waals surface area contributed by atoms with E-state index in [4.69, 9.17) is 26.2 Å². The zero-order valence-corrected chi connectivity index (χ0v) is 24.6. The largest absolute Gasteiger partial charge is 1.00 e. The summed E-state index contributed by atoms with van der Waals surface area (Å²) in [5.41, 5.74) is 3.92. The molecular weight excluding hydrogens is 552 g/mol. The van der Waals surface area contributed by atoms with Crippen LogP contribution in [-0.2, 0) is 6.42 Å². The van der Waals surface area contributed by atoms with E-state index in [0.717, 1.165) is 65.7 Å². The normalized spacial score (nSPS) is 14.4. The Morgan fingerprint density at radius 3 is 2.50 bits per heavy atom. The van der Waals surface area contributed by atoms with Crippen LogP contribution in [0.4, 0.5) is 9.18 Å². The standard InChI is InChI=1S/C32H34ClFN3O4.Li/c33-23-7-14-29-28(21-23)27-15-18-37(32(39)41-26-12-8-24(34)9-13-26)31(30(27)36-29)22-5-10-25(11-6-22)40-20-4-2-1-3-16-35-17-19-38;/h5-14,21,31,36,38H,1-4,15-20H2;/q-1;+1. The quantitative estimate of drug-likeness (QED) is 0.190. The van der Waals surface area contributed by atoms with Crippen LogP contribution in [-0.4, -0.2) is 53.9 Å². The first kappa shape index (κ1) is 31.9. The predicted molar refractivity (Wildman–Crippen MR) is 159 cm³/mol. The molecule has 1 aliphatic heterocycles. The van der Waals surface area contributed by atoms with Crippen molar-refractivity contribution in [2.75, 3.05) is 32.8 Å². The first-order valence-electron chi connectivity index (χ1n) is 14.0. The Morgan fingerprint density at radius 1 is 1.00 bits per heavy atom. The number of nitrogens with one attached hydrogen (secondary N) is 1. The number of nitrogens with zero attached hydrogens (tertiary/aromatic N) is 2. The SMILES string of the molecule is O=C(Oc1ccc(F)cc1)N1CCc2c([nH]c3ccc(Cl)cc23)C1c1ccc(OCCCCCC[N-]CCO)cc1.[Li+]. The van der Waals surface area contributed by atoms with Crippen molar-refractivity contribution < 1.29 is 42.6 Å². The molecule has 3 aromatic carbocycles. The molecule has 1 unspecified atom stereocenters. The maximum Gasteiger partial charge on any atom is 1.00 e. The van der Waals surface area contributed by atoms with Gasteiger partial charge in [0.25, 0.3) is 0 Å². The van der Waals surface area contributed by atoms with Crippen LogP contribution in [0.15, 0.2) is 66.7 Å². The van der Waals surface area contributed by atoms with Gasteiger partial charge in [-0.15, -0.1) is 13.1 Å². The van der Waals surface area contributed by atoms with Crippen molar-refractivity contribution in [2.45, 2.75) is 38.1 Å². The maximum absolute atomic E-state index is 13.4. The summed E-state index contributed by atoms with van der Waals surface area (Å²) in [5.74, 6) is 0.661. The second-order valence-electron chi connectivity index (χ2n) is 10.1. The second-order valence-corrected chi connectivity index (χ2v) is 10.5. The fourth-order valence-electron chi connectivity index (χ4n) is 5.26. The van der Waals surface area contributed by atoms with Gasteiger partial charge in [-0.2, -0.15) is 0 Å². The summed E-state index contributed by atoms with van der Waals surface area (Å²) < 4.78 is 25.0. The van der Waals surface area contributed by atoms with E-state index in [-0.39, 0.29) is 31.2 Å². The number of carbonyl (C=O) groups excluding carboxylic acids is 1. The van der Waals surface area contributed by atoms with Crippen LogP contribution in [0.3, 0.4) is 0 Å². The number of halogens is 2. The average Bonchev–Trinajstić information content (AvgIpc) is 3.35. The smallest absolute Gasteiger partial charge is 0.660 e. The number of carbonyl (C=O) groups is 1. The minimum atomic E-state index is -0.506. The maximum atomic E-state index is 13.4. The number of aliphatic hydroxyl groups is 1. The minimum absolute atomic E-state index is 0. The summed E-state index contributed by atoms with van der Waals surface area (Å²) >= 11 is 6.31. The Morgan fingerprint density at radius 2 is 1.74 bits per heavy atom. The summed E-state index contributed by atoms with van der Waals surface area (Å²) in [6.45, 7) is 2.50. The van der Waals surface area contributed by atoms with Crippen molar-refractivity contribution in [3.63, 3.8) is 0 Å². The van der Waals surface area contributed by atoms with E-state index >= 15 is 0 Å². The second kappa shape index (κ2) is 15.5. The number of rotatable bonds is 12. The number of aromatic amines is 1. The van der Waals surface area contributed by atoms with E-state index in [1.54, 1.807) is 4.90 Å². The Labute approximate surface area is 262 Å². The molecule has 0 bridgehead atoms. The minimum Gasteiger partial charge on any atom is -0.660 e. The van der Waals surface area contributed by atoms with Gasteiger partial charge in [-0.25, -0.2) is 9.18 Å². The Kier molecular flexibility index (Phi) is 11.8. The third kappa shape index (κ3) is 7.88. The molecule has 5 rings (SSSR count). The molecule has 0 saturated carbocycles. The molecule has 216 valence electrons. The van der Waals surface area contributed by atoms with Crippen molar-refractivity contribution in [1.29, 1.82) is 0 Å². The molecule has 0 spiro atoms. The van der Waals surface area contributed by atoms with Crippen molar-refractivity contribution in [2.24, 2.45) is 0 Å². The van der Waals surface area contributed by atoms with Gasteiger partial charge < -0.3 is 24.9 Å². The third-order valence-electron chi connectivity index (χ3n) is 7.28. The molecule has 42 heavy (non-hydrogen) atoms. The van der Waals surface area contributed by atoms with E-state index in [1.807, 2.05) is 42.5 Å². The fourth-order valence-corrected chi connectivity index (χ4v) is 5.44. The van der Waals surface area contributed by atoms with E-state index in [2.05, 4.69) is 10.3 Å². The summed E-state index contributed by atoms with van der Waals surface area (Å²) in [7, 11) is 0. The fraction of sp³-hybridized carbons (Fsp3) is 0.344. The number of aliphatic hydroxyl groups excluding tert-OH is 1. The van der Waals surface area contributed by atoms with Crippen LogP contribution in [0.1, 0.15) is 48.5 Å². The van der Waals surface area contributed by atoms with Gasteiger partial charge in [0, 0.05) is 34.8 Å². The van der Waals surface area contributed by atoms with Crippen LogP contribution in [0, 0.1) is 5.82 Å². The molecule has 0 radical (unpaired) electrons. The number of H-pyrrole nitrogens is 1. The molecule has 1 aromatic heterocycles. The number of benzene rings is 3. The zero-order valence-electron chi connectivity index (χ0n) is 23.8. The van der Waals surface area contributed by atoms with Crippen molar-refractivity contribution in [1.82, 2.24) is 9.88 Å². The summed E-state index contributed by atoms with van der Waals surface area (Å²) in [6.07, 6.45) is 4.26. The van der Waals surface area contributed by atoms with E-state index in [9.17, 15) is 9.18 Å². The van der Waals surface area contributed by atoms with Gasteiger partial charge >= 0.3 is 25.0 Å². The number of unbranched alkanes of at least 4 members (excludes halogenated alkanes) is 3. The Balaban J connectivity index is 0.00000405. The molecule has 4 aromatic rings. The van der Waals surface area contributed by atoms with E-state index in [1.165, 1.54) is 24.3 Å². The van der Waals surface area contributed by atoms with Gasteiger partial charge in [0.1, 0.15) is 23.4 Å². The Bertz CT molecular complexity index is 1450. The molecule has 2 heterocycles. The number of amides is 1. The monoisotopic (exact) mass is 585 g/mol. The molecule has 0 fully saturated rings. The van der Waals surface area contributed by atoms with Gasteiger partial charge in [0.2, 0.25) is 0 Å². The predicted octanol–water partition coefficient (Wildman–Crippen LogP) is 4.42. The number of hydrogen-bond acceptors (Lipinski definition) is 4. The zero-order chi connectivity index (χ0) is 28.6. The van der Waals surface area contributed by atoms with Crippen LogP contribution in [0.2, 0.25) is 5.02 Å². The summed E-state index contributed by atoms with van der Waals surface area (Å²) in [6, 6.07) is 18.6. The molecule has 2 N–H and O–H groups in total. The topological polar surface area (TPSA) is 88.9 Å². The van der Waals surface area contributed by atoms with E-state index in [0.29, 0.717) is 31.1 Å². The van der Waals surface area contributed by atoms with Crippen LogP contribution in [0.5, 0.6) is 11.5 Å². The number of hydrogen-bond donors (Lipinski definition) is 2. The van der Waals surface area contributed by atoms with Crippen LogP contribution in [0.25, 0.3) is 16.2 Å². The molecular formula is C32H34ClFLiN3O4. The molecule has 10 heteroatoms. The van der Waals surface area contributed by atoms with Crippen LogP contribution >= 0.6 is 11.6 Å². The average molecular weight is 586 g/mol. The molecule has 1 aliphatic rings.